The zero-order chi connectivity index (χ0) is 24.4. The first kappa shape index (κ1) is 23.5. The number of esters is 1. The molecule has 34 heavy (non-hydrogen) atoms. The third-order valence-corrected chi connectivity index (χ3v) is 6.23. The second-order valence-corrected chi connectivity index (χ2v) is 8.60. The molecule has 0 unspecified atom stereocenters. The summed E-state index contributed by atoms with van der Waals surface area (Å²) < 4.78 is 11.1. The first-order chi connectivity index (χ1) is 16.3. The van der Waals surface area contributed by atoms with E-state index in [1.165, 1.54) is 20.3 Å². The third-order valence-electron chi connectivity index (χ3n) is 5.74. The van der Waals surface area contributed by atoms with Gasteiger partial charge in [-0.3, -0.25) is 19.8 Å². The van der Waals surface area contributed by atoms with E-state index in [1.54, 1.807) is 4.90 Å². The van der Waals surface area contributed by atoms with Crippen LogP contribution in [0.15, 0.2) is 65.1 Å². The highest BCUT2D eigenvalue weighted by Crippen LogP contribution is 2.48. The lowest BCUT2D eigenvalue weighted by Crippen LogP contribution is -2.44. The maximum absolute atomic E-state index is 12.5. The molecule has 4 rings (SSSR count). The minimum atomic E-state index is -0.813. The maximum atomic E-state index is 12.5. The molecular weight excluding hydrogens is 506 g/mol. The fourth-order valence-corrected chi connectivity index (χ4v) is 4.57. The van der Waals surface area contributed by atoms with Crippen LogP contribution in [-0.2, 0) is 9.53 Å². The maximum Gasteiger partial charge on any atom is 0.319 e. The summed E-state index contributed by atoms with van der Waals surface area (Å²) in [5, 5.41) is 25.9. The number of ether oxygens (including phenoxy) is 2. The summed E-state index contributed by atoms with van der Waals surface area (Å²) in [6.45, 7) is -0.149. The van der Waals surface area contributed by atoms with Gasteiger partial charge in [0.2, 0.25) is 5.75 Å². The Labute approximate surface area is 204 Å². The quantitative estimate of drug-likeness (QED) is 0.268. The Bertz CT molecular complexity index is 1240. The summed E-state index contributed by atoms with van der Waals surface area (Å²) >= 11 is 3.52. The molecule has 0 spiro atoms. The number of carbonyl (C=O) groups is 1. The topological polar surface area (TPSA) is 114 Å². The molecule has 0 saturated carbocycles. The van der Waals surface area contributed by atoms with Crippen LogP contribution in [0.1, 0.15) is 28.9 Å². The van der Waals surface area contributed by atoms with E-state index < -0.39 is 34.5 Å². The summed E-state index contributed by atoms with van der Waals surface area (Å²) in [6, 6.07) is 17.5. The van der Waals surface area contributed by atoms with E-state index in [1.807, 2.05) is 48.5 Å². The van der Waals surface area contributed by atoms with E-state index in [4.69, 9.17) is 9.47 Å². The molecule has 0 fully saturated rings. The lowest BCUT2D eigenvalue weighted by molar-refractivity contribution is -0.386. The second kappa shape index (κ2) is 9.70. The fraction of sp³-hybridized carbons (Fsp3) is 0.208. The van der Waals surface area contributed by atoms with Crippen LogP contribution in [0.3, 0.4) is 0 Å². The first-order valence-corrected chi connectivity index (χ1v) is 11.1. The van der Waals surface area contributed by atoms with Crippen LogP contribution in [0, 0.1) is 10.1 Å². The number of carbonyl (C=O) groups excluding carboxylic acids is 1. The Kier molecular flexibility index (Phi) is 6.71. The molecule has 1 heterocycles. The van der Waals surface area contributed by atoms with Crippen LogP contribution in [0.2, 0.25) is 0 Å². The Morgan fingerprint density at radius 2 is 1.88 bits per heavy atom. The van der Waals surface area contributed by atoms with Crippen LogP contribution < -0.4 is 10.1 Å². The average Bonchev–Trinajstić information content (AvgIpc) is 2.84. The highest BCUT2D eigenvalue weighted by atomic mass is 79.9. The SMILES string of the molecule is COC(=O)CN1[C@H](c2ccccc2)c2cc(Br)ccc2N[C@H]1c1cc(OC)cc([N+](=O)[O-])c1O. The smallest absolute Gasteiger partial charge is 0.319 e. The molecule has 176 valence electrons. The molecule has 0 aromatic heterocycles. The van der Waals surface area contributed by atoms with Gasteiger partial charge in [-0.2, -0.15) is 0 Å². The zero-order valence-electron chi connectivity index (χ0n) is 18.4. The van der Waals surface area contributed by atoms with Crippen LogP contribution >= 0.6 is 15.9 Å². The molecule has 0 bridgehead atoms. The van der Waals surface area contributed by atoms with E-state index in [2.05, 4.69) is 21.2 Å². The number of nitro benzene ring substituents is 1. The summed E-state index contributed by atoms with van der Waals surface area (Å²) in [5.74, 6) is -0.800. The zero-order valence-corrected chi connectivity index (χ0v) is 20.0. The number of phenolic OH excluding ortho intramolecular Hbond substituents is 1. The number of rotatable bonds is 6. The highest BCUT2D eigenvalue weighted by molar-refractivity contribution is 9.10. The number of nitro groups is 1. The number of phenols is 1. The molecule has 10 heteroatoms. The Hall–Kier alpha value is -3.63. The number of hydrogen-bond acceptors (Lipinski definition) is 8. The normalized spacial score (nSPS) is 17.4. The van der Waals surface area contributed by atoms with Crippen LogP contribution in [0.5, 0.6) is 11.5 Å². The van der Waals surface area contributed by atoms with Gasteiger partial charge in [0.1, 0.15) is 11.9 Å². The van der Waals surface area contributed by atoms with E-state index in [-0.39, 0.29) is 17.9 Å². The van der Waals surface area contributed by atoms with E-state index >= 15 is 0 Å². The molecule has 1 aliphatic heterocycles. The molecule has 3 aromatic rings. The van der Waals surface area contributed by atoms with Crippen molar-refractivity contribution in [1.29, 1.82) is 0 Å². The first-order valence-electron chi connectivity index (χ1n) is 10.3. The number of halogens is 1. The molecule has 9 nitrogen and oxygen atoms in total. The Morgan fingerprint density at radius 1 is 1.15 bits per heavy atom. The number of nitrogens with zero attached hydrogens (tertiary/aromatic N) is 2. The van der Waals surface area contributed by atoms with E-state index in [0.29, 0.717) is 0 Å². The molecule has 2 N–H and O–H groups in total. The lowest BCUT2D eigenvalue weighted by Gasteiger charge is -2.44. The van der Waals surface area contributed by atoms with Crippen molar-refractivity contribution in [1.82, 2.24) is 4.90 Å². The standard InChI is InChI=1S/C24H22BrN3O6/c1-33-16-11-18(23(30)20(12-16)28(31)32)24-26-19-9-8-15(25)10-17(19)22(14-6-4-3-5-7-14)27(24)13-21(29)34-2/h3-12,22,24,26,30H,13H2,1-2H3/t22-,24-/m1/s1. The van der Waals surface area contributed by atoms with Crippen molar-refractivity contribution in [2.75, 3.05) is 26.1 Å². The summed E-state index contributed by atoms with van der Waals surface area (Å²) in [5.41, 5.74) is 2.25. The van der Waals surface area contributed by atoms with E-state index in [9.17, 15) is 20.0 Å². The molecular formula is C24H22BrN3O6. The molecule has 0 aliphatic carbocycles. The number of hydrogen-bond donors (Lipinski definition) is 2. The molecule has 0 saturated heterocycles. The summed E-state index contributed by atoms with van der Waals surface area (Å²) in [4.78, 5) is 25.3. The minimum absolute atomic E-state index is 0.149. The van der Waals surface area contributed by atoms with Gasteiger partial charge in [-0.15, -0.1) is 0 Å². The van der Waals surface area contributed by atoms with Gasteiger partial charge in [0.15, 0.2) is 0 Å². The number of aromatic hydroxyl groups is 1. The number of fused-ring (bicyclic) bond motifs is 1. The average molecular weight is 528 g/mol. The van der Waals surface area contributed by atoms with Crippen LogP contribution in [0.25, 0.3) is 0 Å². The molecule has 0 amide bonds. The van der Waals surface area contributed by atoms with Crippen LogP contribution in [-0.4, -0.2) is 41.7 Å². The largest absolute Gasteiger partial charge is 0.502 e. The summed E-state index contributed by atoms with van der Waals surface area (Å²) in [6.07, 6.45) is -0.813. The minimum Gasteiger partial charge on any atom is -0.502 e. The number of anilines is 1. The van der Waals surface area contributed by atoms with Gasteiger partial charge in [0.25, 0.3) is 0 Å². The number of nitrogens with one attached hydrogen (secondary N) is 1. The highest BCUT2D eigenvalue weighted by Gasteiger charge is 2.40. The van der Waals surface area contributed by atoms with E-state index in [0.717, 1.165) is 27.4 Å². The molecule has 0 radical (unpaired) electrons. The van der Waals surface area contributed by atoms with Gasteiger partial charge in [-0.05, 0) is 35.4 Å². The lowest BCUT2D eigenvalue weighted by atomic mass is 9.91. The second-order valence-electron chi connectivity index (χ2n) is 7.68. The van der Waals surface area contributed by atoms with Crippen molar-refractivity contribution in [3.05, 3.63) is 91.9 Å². The van der Waals surface area contributed by atoms with Crippen molar-refractivity contribution in [2.24, 2.45) is 0 Å². The fourth-order valence-electron chi connectivity index (χ4n) is 4.19. The molecule has 3 aromatic carbocycles. The van der Waals surface area contributed by atoms with Crippen molar-refractivity contribution < 1.29 is 24.3 Å². The van der Waals surface area contributed by atoms with Crippen LogP contribution in [0.4, 0.5) is 11.4 Å². The van der Waals surface area contributed by atoms with Gasteiger partial charge in [0, 0.05) is 15.7 Å². The molecule has 1 aliphatic rings. The van der Waals surface area contributed by atoms with Gasteiger partial charge in [-0.1, -0.05) is 46.3 Å². The number of methoxy groups -OCH3 is 2. The third kappa shape index (κ3) is 4.42. The summed E-state index contributed by atoms with van der Waals surface area (Å²) in [7, 11) is 2.69. The predicted octanol–water partition coefficient (Wildman–Crippen LogP) is 4.76. The van der Waals surface area contributed by atoms with Gasteiger partial charge < -0.3 is 19.9 Å². The van der Waals surface area contributed by atoms with Crippen molar-refractivity contribution in [2.45, 2.75) is 12.2 Å². The van der Waals surface area contributed by atoms with Crippen molar-refractivity contribution >= 4 is 33.3 Å². The van der Waals surface area contributed by atoms with Crippen molar-refractivity contribution in [3.63, 3.8) is 0 Å². The Morgan fingerprint density at radius 3 is 2.53 bits per heavy atom. The van der Waals surface area contributed by atoms with Gasteiger partial charge >= 0.3 is 11.7 Å². The van der Waals surface area contributed by atoms with Gasteiger partial charge in [0.05, 0.1) is 37.8 Å². The molecule has 2 atom stereocenters. The van der Waals surface area contributed by atoms with Crippen molar-refractivity contribution in [3.8, 4) is 11.5 Å². The number of benzene rings is 3. The Balaban J connectivity index is 1.97. The van der Waals surface area contributed by atoms with Gasteiger partial charge in [-0.25, -0.2) is 0 Å². The predicted molar refractivity (Wildman–Crippen MR) is 129 cm³/mol. The monoisotopic (exact) mass is 527 g/mol.